The molecule has 35 heavy (non-hydrogen) atoms. The molecule has 174 valence electrons. The van der Waals surface area contributed by atoms with Crippen LogP contribution >= 0.6 is 56.8 Å². The minimum atomic E-state index is -0.473. The second-order valence-electron chi connectivity index (χ2n) is 7.82. The lowest BCUT2D eigenvalue weighted by molar-refractivity contribution is -0.112. The number of fused-ring (bicyclic) bond motifs is 1. The van der Waals surface area contributed by atoms with Gasteiger partial charge >= 0.3 is 0 Å². The molecule has 0 saturated carbocycles. The fraction of sp³-hybridized carbons (Fsp3) is 0.0714. The van der Waals surface area contributed by atoms with Crippen molar-refractivity contribution in [3.63, 3.8) is 0 Å². The summed E-state index contributed by atoms with van der Waals surface area (Å²) in [6.07, 6.45) is 1.58. The number of nitriles is 1. The van der Waals surface area contributed by atoms with Gasteiger partial charge in [0.1, 0.15) is 24.0 Å². The molecule has 0 spiro atoms. The van der Waals surface area contributed by atoms with E-state index in [0.29, 0.717) is 17.3 Å². The summed E-state index contributed by atoms with van der Waals surface area (Å²) in [7, 11) is 0. The van der Waals surface area contributed by atoms with Gasteiger partial charge in [0.15, 0.2) is 0 Å². The van der Waals surface area contributed by atoms with E-state index in [-0.39, 0.29) is 5.57 Å². The molecule has 0 heterocycles. The van der Waals surface area contributed by atoms with Crippen molar-refractivity contribution in [3.8, 4) is 11.8 Å². The van der Waals surface area contributed by atoms with Crippen LogP contribution in [0.1, 0.15) is 16.7 Å². The molecule has 0 radical (unpaired) electrons. The molecule has 4 rings (SSSR count). The Labute approximate surface area is 236 Å². The average molecular weight is 705 g/mol. The summed E-state index contributed by atoms with van der Waals surface area (Å²) in [5.41, 5.74) is 3.30. The minimum Gasteiger partial charge on any atom is -0.487 e. The number of nitrogens with zero attached hydrogens (tertiary/aromatic N) is 1. The van der Waals surface area contributed by atoms with Crippen molar-refractivity contribution in [3.05, 3.63) is 107 Å². The third-order valence-corrected chi connectivity index (χ3v) is 7.22. The van der Waals surface area contributed by atoms with Gasteiger partial charge in [0.25, 0.3) is 5.91 Å². The lowest BCUT2D eigenvalue weighted by Crippen LogP contribution is -2.14. The molecule has 0 atom stereocenters. The van der Waals surface area contributed by atoms with E-state index in [4.69, 9.17) is 16.3 Å². The van der Waals surface area contributed by atoms with Crippen LogP contribution < -0.4 is 10.1 Å². The zero-order chi connectivity index (χ0) is 24.9. The van der Waals surface area contributed by atoms with Crippen LogP contribution in [0.25, 0.3) is 16.8 Å². The van der Waals surface area contributed by atoms with E-state index in [9.17, 15) is 10.1 Å². The van der Waals surface area contributed by atoms with E-state index in [1.165, 1.54) is 10.8 Å². The van der Waals surface area contributed by atoms with Crippen molar-refractivity contribution in [1.29, 1.82) is 5.26 Å². The van der Waals surface area contributed by atoms with Crippen molar-refractivity contribution < 1.29 is 9.53 Å². The van der Waals surface area contributed by atoms with Crippen molar-refractivity contribution in [2.24, 2.45) is 0 Å². The molecule has 0 aliphatic carbocycles. The maximum atomic E-state index is 12.7. The largest absolute Gasteiger partial charge is 0.487 e. The molecule has 0 aromatic heterocycles. The van der Waals surface area contributed by atoms with Crippen LogP contribution in [0, 0.1) is 25.4 Å². The van der Waals surface area contributed by atoms with Crippen LogP contribution in [-0.2, 0) is 11.4 Å². The number of carbonyl (C=O) groups excluding carboxylic acids is 1. The molecule has 1 amide bonds. The van der Waals surface area contributed by atoms with Crippen LogP contribution in [0.4, 0.5) is 5.69 Å². The van der Waals surface area contributed by atoms with E-state index in [1.54, 1.807) is 24.3 Å². The highest BCUT2D eigenvalue weighted by molar-refractivity contribution is 14.1. The van der Waals surface area contributed by atoms with Gasteiger partial charge in [-0.15, -0.1) is 0 Å². The number of carbonyl (C=O) groups is 1. The highest BCUT2D eigenvalue weighted by atomic mass is 127. The Bertz CT molecular complexity index is 1480. The summed E-state index contributed by atoms with van der Waals surface area (Å²) in [5, 5.41) is 15.3. The fourth-order valence-electron chi connectivity index (χ4n) is 3.64. The van der Waals surface area contributed by atoms with Crippen LogP contribution in [0.15, 0.2) is 78.4 Å². The smallest absolute Gasteiger partial charge is 0.266 e. The number of rotatable bonds is 6. The number of anilines is 1. The summed E-state index contributed by atoms with van der Waals surface area (Å²) >= 11 is 10.4. The summed E-state index contributed by atoms with van der Waals surface area (Å²) in [6, 6.07) is 25.4. The van der Waals surface area contributed by atoms with Crippen molar-refractivity contribution in [1.82, 2.24) is 0 Å². The van der Waals surface area contributed by atoms with Gasteiger partial charge in [-0.05, 0) is 116 Å². The second kappa shape index (κ2) is 11.4. The predicted octanol–water partition coefficient (Wildman–Crippen LogP) is 8.14. The van der Waals surface area contributed by atoms with Crippen LogP contribution in [0.2, 0.25) is 5.02 Å². The van der Waals surface area contributed by atoms with Gasteiger partial charge in [-0.25, -0.2) is 0 Å². The molecule has 0 bridgehead atoms. The lowest BCUT2D eigenvalue weighted by Gasteiger charge is -2.13. The second-order valence-corrected chi connectivity index (χ2v) is 10.6. The number of amides is 1. The quantitative estimate of drug-likeness (QED) is 0.125. The highest BCUT2D eigenvalue weighted by Crippen LogP contribution is 2.31. The van der Waals surface area contributed by atoms with E-state index in [1.807, 2.05) is 43.3 Å². The zero-order valence-corrected chi connectivity index (χ0v) is 23.7. The highest BCUT2D eigenvalue weighted by Gasteiger charge is 2.14. The van der Waals surface area contributed by atoms with Crippen molar-refractivity contribution in [2.45, 2.75) is 13.5 Å². The Hall–Kier alpha value is -2.61. The van der Waals surface area contributed by atoms with Crippen molar-refractivity contribution >= 4 is 85.2 Å². The maximum Gasteiger partial charge on any atom is 0.266 e. The van der Waals surface area contributed by atoms with Gasteiger partial charge < -0.3 is 10.1 Å². The summed E-state index contributed by atoms with van der Waals surface area (Å²) in [4.78, 5) is 12.7. The Morgan fingerprint density at radius 1 is 1.06 bits per heavy atom. The maximum absolute atomic E-state index is 12.7. The minimum absolute atomic E-state index is 0.00961. The molecule has 0 unspecified atom stereocenters. The molecule has 4 aromatic rings. The number of halogens is 3. The van der Waals surface area contributed by atoms with Gasteiger partial charge in [0.2, 0.25) is 0 Å². The molecular weight excluding hydrogens is 686 g/mol. The van der Waals surface area contributed by atoms with Crippen LogP contribution in [0.3, 0.4) is 0 Å². The van der Waals surface area contributed by atoms with Gasteiger partial charge in [0.05, 0.1) is 7.14 Å². The Balaban J connectivity index is 1.54. The summed E-state index contributed by atoms with van der Waals surface area (Å²) < 4.78 is 8.00. The SMILES string of the molecule is Cc1cc(Cl)ccc1NC(=O)/C(C#N)=C/c1cc(I)c(OCc2cccc3ccccc23)c(I)c1. The zero-order valence-electron chi connectivity index (χ0n) is 18.6. The Morgan fingerprint density at radius 2 is 1.77 bits per heavy atom. The molecule has 7 heteroatoms. The fourth-order valence-corrected chi connectivity index (χ4v) is 6.00. The third kappa shape index (κ3) is 6.15. The number of ether oxygens (including phenoxy) is 1. The molecular formula is C28H19ClI2N2O2. The van der Waals surface area contributed by atoms with Gasteiger partial charge in [-0.1, -0.05) is 54.1 Å². The Morgan fingerprint density at radius 3 is 2.49 bits per heavy atom. The van der Waals surface area contributed by atoms with E-state index >= 15 is 0 Å². The number of hydrogen-bond donors (Lipinski definition) is 1. The van der Waals surface area contributed by atoms with Crippen molar-refractivity contribution in [2.75, 3.05) is 5.32 Å². The first-order valence-electron chi connectivity index (χ1n) is 10.6. The first-order chi connectivity index (χ1) is 16.9. The normalized spacial score (nSPS) is 11.2. The number of aryl methyl sites for hydroxylation is 1. The number of hydrogen-bond acceptors (Lipinski definition) is 3. The van der Waals surface area contributed by atoms with Crippen LogP contribution in [-0.4, -0.2) is 5.91 Å². The standard InChI is InChI=1S/C28H19ClI2N2O2/c1-17-11-22(29)9-10-26(17)33-28(34)21(15-32)12-18-13-24(30)27(25(31)14-18)35-16-20-7-4-6-19-5-2-3-8-23(19)20/h2-14H,16H2,1H3,(H,33,34)/b21-12+. The van der Waals surface area contributed by atoms with E-state index < -0.39 is 5.91 Å². The lowest BCUT2D eigenvalue weighted by atomic mass is 10.1. The summed E-state index contributed by atoms with van der Waals surface area (Å²) in [6.45, 7) is 2.29. The van der Waals surface area contributed by atoms with Crippen LogP contribution in [0.5, 0.6) is 5.75 Å². The topological polar surface area (TPSA) is 62.1 Å². The molecule has 0 aliphatic rings. The van der Waals surface area contributed by atoms with Gasteiger partial charge in [-0.3, -0.25) is 4.79 Å². The molecule has 0 saturated heterocycles. The molecule has 0 aliphatic heterocycles. The van der Waals surface area contributed by atoms with E-state index in [0.717, 1.165) is 29.6 Å². The van der Waals surface area contributed by atoms with Gasteiger partial charge in [0, 0.05) is 10.7 Å². The third-order valence-electron chi connectivity index (χ3n) is 5.39. The monoisotopic (exact) mass is 704 g/mol. The molecule has 4 aromatic carbocycles. The Kier molecular flexibility index (Phi) is 8.31. The number of nitrogens with one attached hydrogen (secondary N) is 1. The molecule has 4 nitrogen and oxygen atoms in total. The molecule has 0 fully saturated rings. The summed E-state index contributed by atoms with van der Waals surface area (Å²) in [5.74, 6) is 0.301. The number of benzene rings is 4. The molecule has 1 N–H and O–H groups in total. The van der Waals surface area contributed by atoms with E-state index in [2.05, 4.69) is 74.8 Å². The first kappa shape index (κ1) is 25.5. The first-order valence-corrected chi connectivity index (χ1v) is 13.2. The average Bonchev–Trinajstić information content (AvgIpc) is 2.83. The predicted molar refractivity (Wildman–Crippen MR) is 159 cm³/mol. The van der Waals surface area contributed by atoms with Gasteiger partial charge in [-0.2, -0.15) is 5.26 Å².